The third-order valence-electron chi connectivity index (χ3n) is 17.6. The van der Waals surface area contributed by atoms with Crippen LogP contribution in [0, 0.1) is 0 Å². The Morgan fingerprint density at radius 1 is 0.149 bits per heavy atom. The van der Waals surface area contributed by atoms with Gasteiger partial charge in [0.1, 0.15) is 46.0 Å². The van der Waals surface area contributed by atoms with Gasteiger partial charge in [-0.1, -0.05) is 24.3 Å². The molecule has 0 saturated carbocycles. The molecule has 0 aliphatic carbocycles. The van der Waals surface area contributed by atoms with Crippen molar-refractivity contribution >= 4 is 122 Å². The summed E-state index contributed by atoms with van der Waals surface area (Å²) in [7, 11) is 13.5. The molecule has 0 aromatic heterocycles. The highest BCUT2D eigenvalue weighted by Gasteiger charge is 2.25. The number of hydrogen-bond acceptors (Lipinski definition) is 12. The molecule has 0 N–H and O–H groups in total. The SMILES string of the molecule is COc1ccc(N(c2ccc(OC)cc2)c2ccc3c(c2)c2cc(N(c4ccc(OC)cc4)c4ccc(OC)cc4)ccc2c2c4ccc(N(c5ccc(OC)cc5)c5ccc(OC)cc5)cc4c4cc(N(c5ccc(OC)cc5)c5ccc(OC)cc5)ccc4c32)cc1. The molecule has 0 radical (unpaired) electrons. The van der Waals surface area contributed by atoms with Crippen molar-refractivity contribution in [2.24, 2.45) is 0 Å². The third-order valence-corrected chi connectivity index (χ3v) is 17.6. The van der Waals surface area contributed by atoms with E-state index >= 15 is 0 Å². The predicted molar refractivity (Wildman–Crippen MR) is 385 cm³/mol. The summed E-state index contributed by atoms with van der Waals surface area (Å²) in [4.78, 5) is 9.15. The van der Waals surface area contributed by atoms with Crippen molar-refractivity contribution in [1.82, 2.24) is 0 Å². The molecule has 464 valence electrons. The predicted octanol–water partition coefficient (Wildman–Crippen LogP) is 21.4. The summed E-state index contributed by atoms with van der Waals surface area (Å²) in [5.74, 6) is 6.11. The fourth-order valence-corrected chi connectivity index (χ4v) is 12.9. The van der Waals surface area contributed by atoms with Gasteiger partial charge < -0.3 is 57.5 Å². The van der Waals surface area contributed by atoms with Gasteiger partial charge in [0.25, 0.3) is 0 Å². The number of benzene rings is 14. The molecular formula is C82H68N4O8. The van der Waals surface area contributed by atoms with Crippen LogP contribution in [-0.2, 0) is 0 Å². The fourth-order valence-electron chi connectivity index (χ4n) is 12.9. The van der Waals surface area contributed by atoms with E-state index in [2.05, 4.69) is 189 Å². The van der Waals surface area contributed by atoms with Crippen LogP contribution in [0.3, 0.4) is 0 Å². The van der Waals surface area contributed by atoms with Crippen LogP contribution >= 0.6 is 0 Å². The van der Waals surface area contributed by atoms with Gasteiger partial charge in [-0.2, -0.15) is 0 Å². The lowest BCUT2D eigenvalue weighted by atomic mass is 9.86. The summed E-state index contributed by atoms with van der Waals surface area (Å²) >= 11 is 0. The Morgan fingerprint density at radius 2 is 0.277 bits per heavy atom. The number of ether oxygens (including phenoxy) is 8. The molecule has 14 rings (SSSR count). The lowest BCUT2D eigenvalue weighted by molar-refractivity contribution is 0.414. The first kappa shape index (κ1) is 59.6. The monoisotopic (exact) mass is 1240 g/mol. The highest BCUT2D eigenvalue weighted by atomic mass is 16.5. The number of hydrogen-bond donors (Lipinski definition) is 0. The molecule has 0 aliphatic heterocycles. The Hall–Kier alpha value is -12.0. The molecule has 0 spiro atoms. The first-order valence-electron chi connectivity index (χ1n) is 30.9. The Bertz CT molecular complexity index is 4210. The van der Waals surface area contributed by atoms with Gasteiger partial charge in [0.15, 0.2) is 0 Å². The van der Waals surface area contributed by atoms with Crippen molar-refractivity contribution in [3.63, 3.8) is 0 Å². The van der Waals surface area contributed by atoms with E-state index in [0.717, 1.165) is 168 Å². The van der Waals surface area contributed by atoms with Crippen molar-refractivity contribution < 1.29 is 37.9 Å². The topological polar surface area (TPSA) is 86.8 Å². The van der Waals surface area contributed by atoms with E-state index in [-0.39, 0.29) is 0 Å². The van der Waals surface area contributed by atoms with E-state index in [1.165, 1.54) is 0 Å². The summed E-state index contributed by atoms with van der Waals surface area (Å²) in [6, 6.07) is 93.3. The summed E-state index contributed by atoms with van der Waals surface area (Å²) in [6.45, 7) is 0. The van der Waals surface area contributed by atoms with Gasteiger partial charge in [-0.15, -0.1) is 0 Å². The van der Waals surface area contributed by atoms with Gasteiger partial charge >= 0.3 is 0 Å². The van der Waals surface area contributed by atoms with Gasteiger partial charge in [0.05, 0.1) is 56.9 Å². The van der Waals surface area contributed by atoms with Crippen molar-refractivity contribution in [3.8, 4) is 46.0 Å². The van der Waals surface area contributed by atoms with E-state index in [9.17, 15) is 0 Å². The van der Waals surface area contributed by atoms with Crippen LogP contribution in [0.2, 0.25) is 0 Å². The van der Waals surface area contributed by atoms with Crippen LogP contribution in [0.1, 0.15) is 0 Å². The zero-order valence-corrected chi connectivity index (χ0v) is 53.5. The van der Waals surface area contributed by atoms with Gasteiger partial charge in [0.2, 0.25) is 0 Å². The standard InChI is InChI=1S/C82H68N4O8/c1-87-65-29-9-53(10-30-65)83(54-11-31-66(88-2)32-12-54)61-25-45-73-77(49-61)78-50-62(84(55-13-33-67(89-3)34-14-55)56-15-35-68(90-4)36-16-56)26-46-74(78)82-76-48-28-64(86(59-21-41-71(93-7)42-22-59)60-23-43-72(94-8)44-24-60)52-80(76)79-51-63(27-47-75(79)81(73)82)85(57-17-37-69(91-5)38-18-57)58-19-39-70(92-6)40-20-58/h9-52H,1-8H3. The number of anilines is 12. The van der Waals surface area contributed by atoms with E-state index < -0.39 is 0 Å². The van der Waals surface area contributed by atoms with Crippen molar-refractivity contribution in [2.75, 3.05) is 76.5 Å². The first-order valence-corrected chi connectivity index (χ1v) is 30.9. The molecule has 0 heterocycles. The minimum atomic E-state index is 0.764. The van der Waals surface area contributed by atoms with Crippen molar-refractivity contribution in [2.45, 2.75) is 0 Å². The van der Waals surface area contributed by atoms with Crippen molar-refractivity contribution in [3.05, 3.63) is 267 Å². The average Bonchev–Trinajstić information content (AvgIpc) is 0.702. The largest absolute Gasteiger partial charge is 0.497 e. The fraction of sp³-hybridized carbons (Fsp3) is 0.0976. The average molecular weight is 1240 g/mol. The highest BCUT2D eigenvalue weighted by Crippen LogP contribution is 2.51. The van der Waals surface area contributed by atoms with Crippen LogP contribution in [0.15, 0.2) is 267 Å². The van der Waals surface area contributed by atoms with E-state index in [0.29, 0.717) is 0 Å². The molecule has 0 atom stereocenters. The van der Waals surface area contributed by atoms with Crippen LogP contribution in [0.5, 0.6) is 46.0 Å². The number of fused-ring (bicyclic) bond motifs is 11. The summed E-state index contributed by atoms with van der Waals surface area (Å²) in [5.41, 5.74) is 11.5. The maximum atomic E-state index is 5.70. The van der Waals surface area contributed by atoms with E-state index in [1.54, 1.807) is 56.9 Å². The molecule has 14 aromatic rings. The molecule has 12 nitrogen and oxygen atoms in total. The number of rotatable bonds is 20. The molecule has 0 amide bonds. The molecular weight excluding hydrogens is 1170 g/mol. The normalized spacial score (nSPS) is 11.2. The quantitative estimate of drug-likeness (QED) is 0.0681. The molecule has 0 bridgehead atoms. The molecule has 0 unspecified atom stereocenters. The van der Waals surface area contributed by atoms with Gasteiger partial charge in [-0.05, 0) is 297 Å². The minimum Gasteiger partial charge on any atom is -0.497 e. The number of nitrogens with zero attached hydrogens (tertiary/aromatic N) is 4. The lowest BCUT2D eigenvalue weighted by Crippen LogP contribution is -2.11. The second kappa shape index (κ2) is 25.7. The summed E-state index contributed by atoms with van der Waals surface area (Å²) in [6.07, 6.45) is 0. The third kappa shape index (κ3) is 11.1. The van der Waals surface area contributed by atoms with Crippen LogP contribution in [0.4, 0.5) is 68.2 Å². The van der Waals surface area contributed by atoms with Gasteiger partial charge in [-0.25, -0.2) is 0 Å². The van der Waals surface area contributed by atoms with Crippen molar-refractivity contribution in [1.29, 1.82) is 0 Å². The molecule has 14 aromatic carbocycles. The minimum absolute atomic E-state index is 0.764. The Morgan fingerprint density at radius 3 is 0.404 bits per heavy atom. The molecule has 12 heteroatoms. The Labute approximate surface area is 546 Å². The highest BCUT2D eigenvalue weighted by molar-refractivity contribution is 6.40. The Balaban J connectivity index is 1.11. The zero-order valence-electron chi connectivity index (χ0n) is 53.5. The lowest BCUT2D eigenvalue weighted by Gasteiger charge is -2.29. The maximum absolute atomic E-state index is 5.70. The number of methoxy groups -OCH3 is 8. The van der Waals surface area contributed by atoms with Crippen LogP contribution in [-0.4, -0.2) is 56.9 Å². The molecule has 0 aliphatic rings. The molecule has 0 fully saturated rings. The summed E-state index contributed by atoms with van der Waals surface area (Å²) < 4.78 is 45.6. The second-order valence-electron chi connectivity index (χ2n) is 22.6. The van der Waals surface area contributed by atoms with Gasteiger partial charge in [0, 0.05) is 68.2 Å². The smallest absolute Gasteiger partial charge is 0.119 e. The zero-order chi connectivity index (χ0) is 64.4. The second-order valence-corrected chi connectivity index (χ2v) is 22.6. The van der Waals surface area contributed by atoms with E-state index in [1.807, 2.05) is 97.1 Å². The van der Waals surface area contributed by atoms with E-state index in [4.69, 9.17) is 37.9 Å². The first-order chi connectivity index (χ1) is 46.2. The molecule has 94 heavy (non-hydrogen) atoms. The van der Waals surface area contributed by atoms with Crippen LogP contribution < -0.4 is 57.5 Å². The van der Waals surface area contributed by atoms with Crippen LogP contribution in [0.25, 0.3) is 53.9 Å². The Kier molecular flexibility index (Phi) is 16.3. The van der Waals surface area contributed by atoms with Gasteiger partial charge in [-0.3, -0.25) is 0 Å². The maximum Gasteiger partial charge on any atom is 0.119 e. The summed E-state index contributed by atoms with van der Waals surface area (Å²) in [5, 5.41) is 10.8. The molecule has 0 saturated heterocycles.